The van der Waals surface area contributed by atoms with Crippen LogP contribution < -0.4 is 5.56 Å². The molecule has 0 saturated carbocycles. The van der Waals surface area contributed by atoms with Crippen molar-refractivity contribution in [2.75, 3.05) is 5.75 Å². The van der Waals surface area contributed by atoms with E-state index in [1.54, 1.807) is 10.6 Å². The topological polar surface area (TPSA) is 88.6 Å². The van der Waals surface area contributed by atoms with Gasteiger partial charge < -0.3 is 0 Å². The number of hydrogen-bond acceptors (Lipinski definition) is 7. The smallest absolute Gasteiger partial charge is 0.262 e. The lowest BCUT2D eigenvalue weighted by atomic mass is 10.0. The van der Waals surface area contributed by atoms with Crippen LogP contribution in [0.15, 0.2) is 39.6 Å². The fourth-order valence-corrected chi connectivity index (χ4v) is 5.41. The molecule has 33 heavy (non-hydrogen) atoms. The van der Waals surface area contributed by atoms with Crippen molar-refractivity contribution in [3.8, 4) is 6.07 Å². The highest BCUT2D eigenvalue weighted by Gasteiger charge is 2.24. The van der Waals surface area contributed by atoms with Gasteiger partial charge in [-0.2, -0.15) is 5.26 Å². The molecule has 0 aliphatic rings. The van der Waals surface area contributed by atoms with Crippen LogP contribution in [0.5, 0.6) is 0 Å². The Labute approximate surface area is 203 Å². The lowest BCUT2D eigenvalue weighted by molar-refractivity contribution is -0.116. The van der Waals surface area contributed by atoms with Gasteiger partial charge in [0.1, 0.15) is 5.01 Å². The van der Waals surface area contributed by atoms with Gasteiger partial charge in [0.2, 0.25) is 0 Å². The van der Waals surface area contributed by atoms with E-state index in [-0.39, 0.29) is 17.1 Å². The maximum Gasteiger partial charge on any atom is 0.262 e. The number of rotatable bonds is 12. The fourth-order valence-electron chi connectivity index (χ4n) is 3.62. The molecule has 0 radical (unpaired) electrons. The average Bonchev–Trinajstić information content (AvgIpc) is 3.22. The number of nitriles is 1. The first kappa shape index (κ1) is 25.1. The minimum Gasteiger partial charge on any atom is -0.297 e. The van der Waals surface area contributed by atoms with E-state index in [9.17, 15) is 14.9 Å². The third kappa shape index (κ3) is 6.75. The van der Waals surface area contributed by atoms with Crippen LogP contribution in [0.2, 0.25) is 0 Å². The first-order valence-corrected chi connectivity index (χ1v) is 13.2. The van der Waals surface area contributed by atoms with Crippen LogP contribution in [0, 0.1) is 24.2 Å². The van der Waals surface area contributed by atoms with Gasteiger partial charge in [-0.15, -0.1) is 11.3 Å². The average molecular weight is 483 g/mol. The summed E-state index contributed by atoms with van der Waals surface area (Å²) >= 11 is 2.55. The standard InChI is InChI=1S/C25H30N4O2S2/c1-17(2)10-6-4-5-9-13-29-24(31)19-11-7-8-12-21(19)28-25(29)33-16-22(30)20(14-26)23-27-18(3)15-32-23/h7-8,11-12,15,17,20H,4-6,9-10,13,16H2,1-3H3/t20-/m0/s1. The zero-order chi connectivity index (χ0) is 23.8. The summed E-state index contributed by atoms with van der Waals surface area (Å²) in [6.07, 6.45) is 5.50. The van der Waals surface area contributed by atoms with E-state index in [0.717, 1.165) is 25.0 Å². The zero-order valence-corrected chi connectivity index (χ0v) is 21.0. The molecule has 174 valence electrons. The first-order chi connectivity index (χ1) is 15.9. The Kier molecular flexibility index (Phi) is 9.21. The quantitative estimate of drug-likeness (QED) is 0.186. The first-order valence-electron chi connectivity index (χ1n) is 11.4. The molecule has 8 heteroatoms. The van der Waals surface area contributed by atoms with Crippen LogP contribution >= 0.6 is 23.1 Å². The Morgan fingerprint density at radius 1 is 1.18 bits per heavy atom. The van der Waals surface area contributed by atoms with Crippen LogP contribution in [0.4, 0.5) is 0 Å². The van der Waals surface area contributed by atoms with Crippen LogP contribution in [0.1, 0.15) is 62.6 Å². The second-order valence-electron chi connectivity index (χ2n) is 8.61. The van der Waals surface area contributed by atoms with E-state index in [1.165, 1.54) is 35.9 Å². The van der Waals surface area contributed by atoms with Gasteiger partial charge in [-0.1, -0.05) is 63.4 Å². The van der Waals surface area contributed by atoms with Crippen molar-refractivity contribution in [1.82, 2.24) is 14.5 Å². The summed E-state index contributed by atoms with van der Waals surface area (Å²) in [7, 11) is 0. The van der Waals surface area contributed by atoms with E-state index >= 15 is 0 Å². The van der Waals surface area contributed by atoms with Crippen molar-refractivity contribution in [3.05, 3.63) is 50.7 Å². The Morgan fingerprint density at radius 3 is 2.64 bits per heavy atom. The third-order valence-corrected chi connectivity index (χ3v) is 7.44. The summed E-state index contributed by atoms with van der Waals surface area (Å²) in [6, 6.07) is 9.38. The number of aromatic nitrogens is 3. The molecule has 6 nitrogen and oxygen atoms in total. The number of unbranched alkanes of at least 4 members (excludes halogenated alkanes) is 3. The van der Waals surface area contributed by atoms with E-state index in [0.29, 0.717) is 33.5 Å². The van der Waals surface area contributed by atoms with Crippen LogP contribution in [-0.2, 0) is 11.3 Å². The maximum atomic E-state index is 13.2. The second-order valence-corrected chi connectivity index (χ2v) is 10.4. The summed E-state index contributed by atoms with van der Waals surface area (Å²) in [4.78, 5) is 35.0. The predicted octanol–water partition coefficient (Wildman–Crippen LogP) is 5.74. The molecule has 0 spiro atoms. The predicted molar refractivity (Wildman–Crippen MR) is 135 cm³/mol. The number of aryl methyl sites for hydroxylation is 1. The zero-order valence-electron chi connectivity index (χ0n) is 19.4. The summed E-state index contributed by atoms with van der Waals surface area (Å²) in [5, 5.41) is 13.0. The molecule has 0 saturated heterocycles. The molecular weight excluding hydrogens is 452 g/mol. The van der Waals surface area contributed by atoms with Crippen molar-refractivity contribution in [3.63, 3.8) is 0 Å². The number of fused-ring (bicyclic) bond motifs is 1. The van der Waals surface area contributed by atoms with Gasteiger partial charge in [-0.25, -0.2) is 9.97 Å². The molecule has 0 bridgehead atoms. The molecule has 3 aromatic rings. The number of hydrogen-bond donors (Lipinski definition) is 0. The van der Waals surface area contributed by atoms with Gasteiger partial charge in [0.15, 0.2) is 16.9 Å². The summed E-state index contributed by atoms with van der Waals surface area (Å²) < 4.78 is 1.69. The number of ketones is 1. The maximum absolute atomic E-state index is 13.2. The highest BCUT2D eigenvalue weighted by Crippen LogP contribution is 2.25. The number of Topliss-reactive ketones (excluding diaryl/α,β-unsaturated/α-hetero) is 1. The molecule has 0 aliphatic carbocycles. The molecule has 0 aliphatic heterocycles. The van der Waals surface area contributed by atoms with Crippen molar-refractivity contribution in [2.45, 2.75) is 70.5 Å². The minimum atomic E-state index is -0.891. The van der Waals surface area contributed by atoms with E-state index in [4.69, 9.17) is 0 Å². The molecular formula is C25H30N4O2S2. The highest BCUT2D eigenvalue weighted by molar-refractivity contribution is 7.99. The second kappa shape index (κ2) is 12.1. The molecule has 0 amide bonds. The van der Waals surface area contributed by atoms with Gasteiger partial charge >= 0.3 is 0 Å². The SMILES string of the molecule is Cc1csc([C@@H](C#N)C(=O)CSc2nc3ccccc3c(=O)n2CCCCCCC(C)C)n1. The molecule has 1 atom stereocenters. The van der Waals surface area contributed by atoms with Gasteiger partial charge in [-0.05, 0) is 31.4 Å². The van der Waals surface area contributed by atoms with Gasteiger partial charge in [0, 0.05) is 17.6 Å². The number of para-hydroxylation sites is 1. The fraction of sp³-hybridized carbons (Fsp3) is 0.480. The molecule has 2 aromatic heterocycles. The van der Waals surface area contributed by atoms with Gasteiger partial charge in [-0.3, -0.25) is 14.2 Å². The normalized spacial score (nSPS) is 12.2. The molecule has 2 heterocycles. The van der Waals surface area contributed by atoms with Crippen LogP contribution in [-0.4, -0.2) is 26.1 Å². The van der Waals surface area contributed by atoms with Crippen molar-refractivity contribution < 1.29 is 4.79 Å². The summed E-state index contributed by atoms with van der Waals surface area (Å²) in [5.74, 6) is -0.337. The number of carbonyl (C=O) groups excluding carboxylic acids is 1. The Hall–Kier alpha value is -2.50. The van der Waals surface area contributed by atoms with Crippen LogP contribution in [0.3, 0.4) is 0 Å². The Bertz CT molecular complexity index is 1190. The number of thioether (sulfide) groups is 1. The summed E-state index contributed by atoms with van der Waals surface area (Å²) in [6.45, 7) is 6.88. The van der Waals surface area contributed by atoms with Crippen molar-refractivity contribution in [2.24, 2.45) is 5.92 Å². The van der Waals surface area contributed by atoms with Crippen LogP contribution in [0.25, 0.3) is 10.9 Å². The number of carbonyl (C=O) groups is 1. The lowest BCUT2D eigenvalue weighted by Gasteiger charge is -2.13. The van der Waals surface area contributed by atoms with E-state index < -0.39 is 5.92 Å². The minimum absolute atomic E-state index is 0.0655. The van der Waals surface area contributed by atoms with Crippen molar-refractivity contribution in [1.29, 1.82) is 5.26 Å². The Balaban J connectivity index is 1.74. The Morgan fingerprint density at radius 2 is 1.94 bits per heavy atom. The van der Waals surface area contributed by atoms with E-state index in [1.807, 2.05) is 30.5 Å². The molecule has 1 aromatic carbocycles. The molecule has 3 rings (SSSR count). The van der Waals surface area contributed by atoms with Crippen molar-refractivity contribution >= 4 is 39.8 Å². The van der Waals surface area contributed by atoms with Gasteiger partial charge in [0.05, 0.1) is 22.7 Å². The molecule has 0 N–H and O–H groups in total. The number of nitrogens with zero attached hydrogens (tertiary/aromatic N) is 4. The number of thiazole rings is 1. The highest BCUT2D eigenvalue weighted by atomic mass is 32.2. The largest absolute Gasteiger partial charge is 0.297 e. The van der Waals surface area contributed by atoms with Gasteiger partial charge in [0.25, 0.3) is 5.56 Å². The third-order valence-electron chi connectivity index (χ3n) is 5.42. The summed E-state index contributed by atoms with van der Waals surface area (Å²) in [5.41, 5.74) is 1.34. The molecule has 0 unspecified atom stereocenters. The molecule has 0 fully saturated rings. The lowest BCUT2D eigenvalue weighted by Crippen LogP contribution is -2.24. The monoisotopic (exact) mass is 482 g/mol. The number of benzene rings is 1. The van der Waals surface area contributed by atoms with E-state index in [2.05, 4.69) is 29.9 Å².